The second-order valence-electron chi connectivity index (χ2n) is 4.98. The van der Waals surface area contributed by atoms with E-state index in [-0.39, 0.29) is 0 Å². The molecular weight excluding hydrogens is 226 g/mol. The summed E-state index contributed by atoms with van der Waals surface area (Å²) in [6.45, 7) is 3.33. The fourth-order valence-corrected chi connectivity index (χ4v) is 3.28. The molecule has 0 saturated heterocycles. The quantitative estimate of drug-likeness (QED) is 0.770. The second kappa shape index (κ2) is 7.07. The number of aryl methyl sites for hydroxylation is 1. The van der Waals surface area contributed by atoms with Crippen molar-refractivity contribution < 1.29 is 0 Å². The van der Waals surface area contributed by atoms with Crippen molar-refractivity contribution in [1.82, 2.24) is 5.32 Å². The molecule has 0 bridgehead atoms. The van der Waals surface area contributed by atoms with E-state index in [1.807, 2.05) is 11.8 Å². The molecule has 0 unspecified atom stereocenters. The van der Waals surface area contributed by atoms with E-state index in [1.54, 1.807) is 0 Å². The van der Waals surface area contributed by atoms with E-state index in [2.05, 4.69) is 36.5 Å². The van der Waals surface area contributed by atoms with Crippen LogP contribution < -0.4 is 5.32 Å². The minimum absolute atomic E-state index is 0.814. The van der Waals surface area contributed by atoms with Crippen LogP contribution in [0.4, 0.5) is 0 Å². The number of hydrogen-bond acceptors (Lipinski definition) is 2. The molecule has 1 N–H and O–H groups in total. The lowest BCUT2D eigenvalue weighted by molar-refractivity contribution is 0.545. The molecule has 0 radical (unpaired) electrons. The van der Waals surface area contributed by atoms with E-state index >= 15 is 0 Å². The van der Waals surface area contributed by atoms with Crippen LogP contribution in [-0.2, 0) is 5.75 Å². The van der Waals surface area contributed by atoms with Crippen molar-refractivity contribution in [1.29, 1.82) is 0 Å². The standard InChI is InChI=1S/C15H23NS/c1-13-5-4-6-14(11-13)12-17-10-9-16-15-7-2-3-8-15/h4-6,11,15-16H,2-3,7-10,12H2,1H3. The molecule has 1 aliphatic carbocycles. The molecular formula is C15H23NS. The van der Waals surface area contributed by atoms with Gasteiger partial charge in [-0.15, -0.1) is 0 Å². The van der Waals surface area contributed by atoms with Crippen molar-refractivity contribution in [3.8, 4) is 0 Å². The van der Waals surface area contributed by atoms with E-state index in [1.165, 1.54) is 49.1 Å². The molecule has 17 heavy (non-hydrogen) atoms. The molecule has 0 heterocycles. The van der Waals surface area contributed by atoms with Crippen molar-refractivity contribution in [2.75, 3.05) is 12.3 Å². The summed E-state index contributed by atoms with van der Waals surface area (Å²) in [5.74, 6) is 2.37. The smallest absolute Gasteiger partial charge is 0.0185 e. The Hall–Kier alpha value is -0.470. The normalized spacial score (nSPS) is 16.5. The van der Waals surface area contributed by atoms with Crippen molar-refractivity contribution >= 4 is 11.8 Å². The SMILES string of the molecule is Cc1cccc(CSCCNC2CCCC2)c1. The van der Waals surface area contributed by atoms with Crippen LogP contribution >= 0.6 is 11.8 Å². The Balaban J connectivity index is 1.56. The number of rotatable bonds is 6. The van der Waals surface area contributed by atoms with Crippen molar-refractivity contribution in [3.05, 3.63) is 35.4 Å². The molecule has 1 nitrogen and oxygen atoms in total. The van der Waals surface area contributed by atoms with Crippen molar-refractivity contribution in [3.63, 3.8) is 0 Å². The van der Waals surface area contributed by atoms with Gasteiger partial charge in [0.2, 0.25) is 0 Å². The van der Waals surface area contributed by atoms with Crippen molar-refractivity contribution in [2.45, 2.75) is 44.4 Å². The highest BCUT2D eigenvalue weighted by atomic mass is 32.2. The zero-order valence-electron chi connectivity index (χ0n) is 10.7. The highest BCUT2D eigenvalue weighted by Gasteiger charge is 2.12. The van der Waals surface area contributed by atoms with Crippen LogP contribution in [0.2, 0.25) is 0 Å². The first-order chi connectivity index (χ1) is 8.34. The predicted molar refractivity (Wildman–Crippen MR) is 77.6 cm³/mol. The minimum atomic E-state index is 0.814. The topological polar surface area (TPSA) is 12.0 Å². The Morgan fingerprint density at radius 2 is 2.12 bits per heavy atom. The van der Waals surface area contributed by atoms with Crippen LogP contribution in [0.5, 0.6) is 0 Å². The molecule has 1 aromatic carbocycles. The first-order valence-electron chi connectivity index (χ1n) is 6.71. The molecule has 2 rings (SSSR count). The Labute approximate surface area is 109 Å². The molecule has 2 heteroatoms. The summed E-state index contributed by atoms with van der Waals surface area (Å²) >= 11 is 2.04. The molecule has 1 aromatic rings. The summed E-state index contributed by atoms with van der Waals surface area (Å²) in [6, 6.07) is 9.65. The van der Waals surface area contributed by atoms with E-state index in [0.717, 1.165) is 11.8 Å². The van der Waals surface area contributed by atoms with Gasteiger partial charge in [0.15, 0.2) is 0 Å². The summed E-state index contributed by atoms with van der Waals surface area (Å²) in [4.78, 5) is 0. The van der Waals surface area contributed by atoms with Gasteiger partial charge >= 0.3 is 0 Å². The maximum atomic E-state index is 3.66. The Bertz CT molecular complexity index is 331. The first-order valence-corrected chi connectivity index (χ1v) is 7.87. The van der Waals surface area contributed by atoms with Gasteiger partial charge in [-0.3, -0.25) is 0 Å². The molecule has 0 aromatic heterocycles. The third kappa shape index (κ3) is 4.72. The largest absolute Gasteiger partial charge is 0.313 e. The Morgan fingerprint density at radius 1 is 1.29 bits per heavy atom. The highest BCUT2D eigenvalue weighted by Crippen LogP contribution is 2.18. The number of hydrogen-bond donors (Lipinski definition) is 1. The molecule has 0 spiro atoms. The third-order valence-electron chi connectivity index (χ3n) is 3.39. The van der Waals surface area contributed by atoms with Gasteiger partial charge < -0.3 is 5.32 Å². The summed E-state index contributed by atoms with van der Waals surface area (Å²) < 4.78 is 0. The van der Waals surface area contributed by atoms with E-state index in [0.29, 0.717) is 0 Å². The van der Waals surface area contributed by atoms with Gasteiger partial charge in [0.05, 0.1) is 0 Å². The predicted octanol–water partition coefficient (Wildman–Crippen LogP) is 3.76. The molecule has 1 fully saturated rings. The van der Waals surface area contributed by atoms with Crippen molar-refractivity contribution in [2.24, 2.45) is 0 Å². The van der Waals surface area contributed by atoms with Crippen LogP contribution in [0.15, 0.2) is 24.3 Å². The van der Waals surface area contributed by atoms with E-state index < -0.39 is 0 Å². The van der Waals surface area contributed by atoms with Gasteiger partial charge in [-0.1, -0.05) is 42.7 Å². The zero-order valence-corrected chi connectivity index (χ0v) is 11.6. The number of nitrogens with one attached hydrogen (secondary N) is 1. The van der Waals surface area contributed by atoms with Crippen LogP contribution in [0.25, 0.3) is 0 Å². The lowest BCUT2D eigenvalue weighted by Gasteiger charge is -2.11. The van der Waals surface area contributed by atoms with Gasteiger partial charge in [-0.2, -0.15) is 11.8 Å². The molecule has 0 aliphatic heterocycles. The van der Waals surface area contributed by atoms with Crippen LogP contribution in [0.1, 0.15) is 36.8 Å². The average Bonchev–Trinajstić information content (AvgIpc) is 2.82. The number of benzene rings is 1. The van der Waals surface area contributed by atoms with Gasteiger partial charge in [-0.05, 0) is 25.3 Å². The molecule has 0 amide bonds. The monoisotopic (exact) mass is 249 g/mol. The summed E-state index contributed by atoms with van der Waals surface area (Å²) in [5.41, 5.74) is 2.82. The summed E-state index contributed by atoms with van der Waals surface area (Å²) in [6.07, 6.45) is 5.63. The maximum Gasteiger partial charge on any atom is 0.0185 e. The molecule has 0 atom stereocenters. The van der Waals surface area contributed by atoms with E-state index in [9.17, 15) is 0 Å². The summed E-state index contributed by atoms with van der Waals surface area (Å²) in [5, 5.41) is 3.66. The zero-order chi connectivity index (χ0) is 11.9. The second-order valence-corrected chi connectivity index (χ2v) is 6.08. The summed E-state index contributed by atoms with van der Waals surface area (Å²) in [7, 11) is 0. The average molecular weight is 249 g/mol. The van der Waals surface area contributed by atoms with Crippen LogP contribution in [-0.4, -0.2) is 18.3 Å². The van der Waals surface area contributed by atoms with E-state index in [4.69, 9.17) is 0 Å². The number of thioether (sulfide) groups is 1. The van der Waals surface area contributed by atoms with Crippen LogP contribution in [0.3, 0.4) is 0 Å². The molecule has 1 aliphatic rings. The third-order valence-corrected chi connectivity index (χ3v) is 4.42. The fraction of sp³-hybridized carbons (Fsp3) is 0.600. The lowest BCUT2D eigenvalue weighted by Crippen LogP contribution is -2.28. The molecule has 1 saturated carbocycles. The van der Waals surface area contributed by atoms with Gasteiger partial charge in [0.25, 0.3) is 0 Å². The first kappa shape index (κ1) is 13.0. The van der Waals surface area contributed by atoms with Gasteiger partial charge in [0, 0.05) is 24.1 Å². The molecule has 94 valence electrons. The van der Waals surface area contributed by atoms with Gasteiger partial charge in [0.1, 0.15) is 0 Å². The lowest BCUT2D eigenvalue weighted by atomic mass is 10.2. The maximum absolute atomic E-state index is 3.66. The van der Waals surface area contributed by atoms with Gasteiger partial charge in [-0.25, -0.2) is 0 Å². The fourth-order valence-electron chi connectivity index (χ4n) is 2.46. The Kier molecular flexibility index (Phi) is 5.40. The highest BCUT2D eigenvalue weighted by molar-refractivity contribution is 7.98. The van der Waals surface area contributed by atoms with Crippen LogP contribution in [0, 0.1) is 6.92 Å². The minimum Gasteiger partial charge on any atom is -0.313 e. The Morgan fingerprint density at radius 3 is 2.88 bits per heavy atom.